The normalized spacial score (nSPS) is 19.7. The second-order valence-electron chi connectivity index (χ2n) is 10.4. The van der Waals surface area contributed by atoms with E-state index >= 15 is 0 Å². The SMILES string of the molecule is CC.CCc1cc(CCCC2(C3CCCC3)CC(O)=C(C/C(N)=N/c3ncc(C)cn3)C(=O)O2)c(OC)cc1O. The molecular formula is C31H44N4O5. The van der Waals surface area contributed by atoms with Crippen LogP contribution in [-0.2, 0) is 22.4 Å². The average Bonchev–Trinajstić information content (AvgIpc) is 3.50. The van der Waals surface area contributed by atoms with Gasteiger partial charge in [-0.1, -0.05) is 33.6 Å². The van der Waals surface area contributed by atoms with Crippen molar-refractivity contribution in [3.8, 4) is 11.5 Å². The van der Waals surface area contributed by atoms with Gasteiger partial charge in [-0.2, -0.15) is 4.99 Å². The van der Waals surface area contributed by atoms with E-state index in [1.807, 2.05) is 33.8 Å². The Morgan fingerprint density at radius 3 is 2.45 bits per heavy atom. The van der Waals surface area contributed by atoms with E-state index in [4.69, 9.17) is 15.2 Å². The zero-order valence-electron chi connectivity index (χ0n) is 24.5. The molecule has 4 rings (SSSR count). The molecule has 2 aromatic rings. The Morgan fingerprint density at radius 1 is 1.18 bits per heavy atom. The van der Waals surface area contributed by atoms with Gasteiger partial charge in [0.15, 0.2) is 0 Å². The first-order chi connectivity index (χ1) is 19.2. The molecule has 0 amide bonds. The molecule has 1 unspecified atom stereocenters. The van der Waals surface area contributed by atoms with Gasteiger partial charge in [0.25, 0.3) is 5.95 Å². The maximum atomic E-state index is 13.2. The van der Waals surface area contributed by atoms with Crippen LogP contribution in [0.1, 0.15) is 88.8 Å². The van der Waals surface area contributed by atoms with Gasteiger partial charge in [0.1, 0.15) is 28.7 Å². The van der Waals surface area contributed by atoms with Crippen molar-refractivity contribution in [2.45, 2.75) is 97.5 Å². The van der Waals surface area contributed by atoms with E-state index in [1.165, 1.54) is 0 Å². The lowest BCUT2D eigenvalue weighted by Gasteiger charge is -2.42. The van der Waals surface area contributed by atoms with Gasteiger partial charge in [-0.05, 0) is 74.1 Å². The van der Waals surface area contributed by atoms with Gasteiger partial charge in [0.2, 0.25) is 0 Å². The number of aliphatic imine (C=N–C) groups is 1. The van der Waals surface area contributed by atoms with E-state index in [9.17, 15) is 15.0 Å². The number of rotatable bonds is 10. The first-order valence-corrected chi connectivity index (χ1v) is 14.4. The van der Waals surface area contributed by atoms with Crippen LogP contribution in [0, 0.1) is 12.8 Å². The first-order valence-electron chi connectivity index (χ1n) is 14.4. The highest BCUT2D eigenvalue weighted by atomic mass is 16.6. The number of hydrogen-bond donors (Lipinski definition) is 3. The first kappa shape index (κ1) is 30.9. The third kappa shape index (κ3) is 7.31. The van der Waals surface area contributed by atoms with Gasteiger partial charge in [-0.15, -0.1) is 0 Å². The van der Waals surface area contributed by atoms with E-state index in [1.54, 1.807) is 25.6 Å². The Morgan fingerprint density at radius 2 is 1.85 bits per heavy atom. The average molecular weight is 553 g/mol. The number of carbonyl (C=O) groups is 1. The molecular weight excluding hydrogens is 508 g/mol. The lowest BCUT2D eigenvalue weighted by Crippen LogP contribution is -2.46. The molecule has 1 aliphatic carbocycles. The van der Waals surface area contributed by atoms with Crippen molar-refractivity contribution in [3.63, 3.8) is 0 Å². The van der Waals surface area contributed by atoms with Crippen LogP contribution >= 0.6 is 0 Å². The zero-order valence-corrected chi connectivity index (χ0v) is 24.5. The fourth-order valence-electron chi connectivity index (χ4n) is 5.69. The van der Waals surface area contributed by atoms with Crippen molar-refractivity contribution in [1.29, 1.82) is 0 Å². The van der Waals surface area contributed by atoms with Crippen LogP contribution in [0.3, 0.4) is 0 Å². The Kier molecular flexibility index (Phi) is 10.9. The number of phenolic OH excluding ortho intramolecular Hbond substituents is 1. The number of aromatic hydroxyl groups is 1. The molecule has 2 aliphatic rings. The number of esters is 1. The van der Waals surface area contributed by atoms with Crippen LogP contribution in [0.15, 0.2) is 40.9 Å². The van der Waals surface area contributed by atoms with Crippen LogP contribution in [-0.4, -0.2) is 44.7 Å². The molecule has 1 aromatic heterocycles. The highest BCUT2D eigenvalue weighted by Gasteiger charge is 2.48. The molecule has 218 valence electrons. The number of aliphatic hydroxyl groups excluding tert-OH is 1. The predicted octanol–water partition coefficient (Wildman–Crippen LogP) is 6.18. The minimum absolute atomic E-state index is 0.0200. The predicted molar refractivity (Wildman–Crippen MR) is 156 cm³/mol. The third-order valence-electron chi connectivity index (χ3n) is 7.73. The second kappa shape index (κ2) is 14.1. The molecule has 40 heavy (non-hydrogen) atoms. The molecule has 0 radical (unpaired) electrons. The highest BCUT2D eigenvalue weighted by molar-refractivity contribution is 5.98. The van der Waals surface area contributed by atoms with E-state index < -0.39 is 11.6 Å². The second-order valence-corrected chi connectivity index (χ2v) is 10.4. The van der Waals surface area contributed by atoms with Crippen LogP contribution in [0.25, 0.3) is 0 Å². The number of carbonyl (C=O) groups excluding carboxylic acids is 1. The summed E-state index contributed by atoms with van der Waals surface area (Å²) in [5.41, 5.74) is 8.24. The molecule has 1 fully saturated rings. The van der Waals surface area contributed by atoms with Crippen molar-refractivity contribution in [2.24, 2.45) is 16.6 Å². The number of nitrogens with zero attached hydrogens (tertiary/aromatic N) is 3. The lowest BCUT2D eigenvalue weighted by atomic mass is 9.76. The maximum absolute atomic E-state index is 13.2. The summed E-state index contributed by atoms with van der Waals surface area (Å²) < 4.78 is 11.7. The number of benzene rings is 1. The topological polar surface area (TPSA) is 140 Å². The Labute approximate surface area is 237 Å². The van der Waals surface area contributed by atoms with Gasteiger partial charge >= 0.3 is 5.97 Å². The summed E-state index contributed by atoms with van der Waals surface area (Å²) in [6, 6.07) is 3.65. The Balaban J connectivity index is 0.00000216. The summed E-state index contributed by atoms with van der Waals surface area (Å²) in [4.78, 5) is 25.7. The molecule has 1 atom stereocenters. The number of hydrogen-bond acceptors (Lipinski definition) is 8. The van der Waals surface area contributed by atoms with Crippen molar-refractivity contribution >= 4 is 17.8 Å². The summed E-state index contributed by atoms with van der Waals surface area (Å²) in [7, 11) is 1.59. The van der Waals surface area contributed by atoms with Crippen LogP contribution in [0.2, 0.25) is 0 Å². The molecule has 9 nitrogen and oxygen atoms in total. The summed E-state index contributed by atoms with van der Waals surface area (Å²) in [6.45, 7) is 7.87. The Bertz CT molecular complexity index is 1220. The zero-order chi connectivity index (χ0) is 29.3. The Hall–Kier alpha value is -3.62. The highest BCUT2D eigenvalue weighted by Crippen LogP contribution is 2.46. The molecule has 0 spiro atoms. The van der Waals surface area contributed by atoms with E-state index in [0.29, 0.717) is 18.6 Å². The minimum Gasteiger partial charge on any atom is -0.512 e. The molecule has 1 aromatic carbocycles. The minimum atomic E-state index is -0.759. The van der Waals surface area contributed by atoms with Gasteiger partial charge < -0.3 is 25.4 Å². The smallest absolute Gasteiger partial charge is 0.338 e. The van der Waals surface area contributed by atoms with Crippen molar-refractivity contribution in [3.05, 3.63) is 52.5 Å². The van der Waals surface area contributed by atoms with Crippen LogP contribution < -0.4 is 10.5 Å². The van der Waals surface area contributed by atoms with Gasteiger partial charge in [0.05, 0.1) is 12.7 Å². The molecule has 0 saturated heterocycles. The molecule has 2 heterocycles. The fraction of sp³-hybridized carbons (Fsp3) is 0.548. The maximum Gasteiger partial charge on any atom is 0.338 e. The van der Waals surface area contributed by atoms with Gasteiger partial charge in [0, 0.05) is 31.3 Å². The lowest BCUT2D eigenvalue weighted by molar-refractivity contribution is -0.167. The van der Waals surface area contributed by atoms with E-state index in [-0.39, 0.29) is 47.6 Å². The number of aryl methyl sites for hydroxylation is 3. The van der Waals surface area contributed by atoms with E-state index in [0.717, 1.165) is 55.2 Å². The largest absolute Gasteiger partial charge is 0.512 e. The fourth-order valence-corrected chi connectivity index (χ4v) is 5.69. The van der Waals surface area contributed by atoms with Crippen molar-refractivity contribution in [2.75, 3.05) is 7.11 Å². The van der Waals surface area contributed by atoms with Crippen LogP contribution in [0.5, 0.6) is 11.5 Å². The number of methoxy groups -OCH3 is 1. The molecule has 4 N–H and O–H groups in total. The molecule has 1 aliphatic heterocycles. The van der Waals surface area contributed by atoms with Crippen molar-refractivity contribution in [1.82, 2.24) is 9.97 Å². The standard InChI is InChI=1S/C29H38N4O5.C2H6/c1-4-19-12-20(25(37-3)14-23(19)34)8-7-11-29(21-9-5-6-10-21)15-24(35)22(27(36)38-29)13-26(30)33-28-31-16-18(2)17-32-28;1-2/h12,14,16-17,21,34-35H,4-11,13,15H2,1-3H3,(H2,30,31,32,33);1-2H3. The molecule has 1 saturated carbocycles. The third-order valence-corrected chi connectivity index (χ3v) is 7.73. The number of ether oxygens (including phenoxy) is 2. The summed E-state index contributed by atoms with van der Waals surface area (Å²) in [6.07, 6.45) is 10.4. The number of cyclic esters (lactones) is 1. The van der Waals surface area contributed by atoms with Crippen LogP contribution in [0.4, 0.5) is 5.95 Å². The van der Waals surface area contributed by atoms with Gasteiger partial charge in [-0.25, -0.2) is 14.8 Å². The number of aliphatic hydroxyl groups is 1. The number of nitrogens with two attached hydrogens (primary N) is 1. The number of amidine groups is 1. The summed E-state index contributed by atoms with van der Waals surface area (Å²) in [5, 5.41) is 21.3. The number of phenols is 1. The number of aromatic nitrogens is 2. The molecule has 0 bridgehead atoms. The van der Waals surface area contributed by atoms with Crippen molar-refractivity contribution < 1.29 is 24.5 Å². The van der Waals surface area contributed by atoms with Gasteiger partial charge in [-0.3, -0.25) is 0 Å². The molecule has 9 heteroatoms. The summed E-state index contributed by atoms with van der Waals surface area (Å²) >= 11 is 0. The monoisotopic (exact) mass is 552 g/mol. The van der Waals surface area contributed by atoms with E-state index in [2.05, 4.69) is 15.0 Å². The quantitative estimate of drug-likeness (QED) is 0.180. The summed E-state index contributed by atoms with van der Waals surface area (Å²) in [5.74, 6) is 0.880.